The van der Waals surface area contributed by atoms with Crippen LogP contribution in [0.4, 0.5) is 5.69 Å². The number of nitrogens with one attached hydrogen (secondary N) is 2. The number of carbonyl (C=O) groups excluding carboxylic acids is 3. The van der Waals surface area contributed by atoms with Crippen molar-refractivity contribution in [3.05, 3.63) is 29.5 Å². The normalized spacial score (nSPS) is 15.0. The molecule has 9 nitrogen and oxygen atoms in total. The second kappa shape index (κ2) is 10.00. The highest BCUT2D eigenvalue weighted by Gasteiger charge is 2.39. The van der Waals surface area contributed by atoms with Gasteiger partial charge in [0.15, 0.2) is 17.1 Å². The highest BCUT2D eigenvalue weighted by molar-refractivity contribution is 6.15. The van der Waals surface area contributed by atoms with E-state index in [1.54, 1.807) is 6.07 Å². The highest BCUT2D eigenvalue weighted by atomic mass is 16.7. The summed E-state index contributed by atoms with van der Waals surface area (Å²) in [5.41, 5.74) is 1.32. The van der Waals surface area contributed by atoms with Crippen molar-refractivity contribution in [1.29, 1.82) is 0 Å². The van der Waals surface area contributed by atoms with Crippen molar-refractivity contribution in [3.8, 4) is 11.5 Å². The summed E-state index contributed by atoms with van der Waals surface area (Å²) >= 11 is 0. The van der Waals surface area contributed by atoms with Crippen LogP contribution in [0.2, 0.25) is 0 Å². The Bertz CT molecular complexity index is 824. The van der Waals surface area contributed by atoms with E-state index in [-0.39, 0.29) is 18.1 Å². The van der Waals surface area contributed by atoms with Crippen LogP contribution in [0.3, 0.4) is 0 Å². The summed E-state index contributed by atoms with van der Waals surface area (Å²) in [5.74, 6) is -1.97. The predicted molar refractivity (Wildman–Crippen MR) is 109 cm³/mol. The molecule has 0 aliphatic carbocycles. The molecule has 1 aliphatic heterocycles. The van der Waals surface area contributed by atoms with Gasteiger partial charge in [0.1, 0.15) is 6.61 Å². The molecule has 0 radical (unpaired) electrons. The van der Waals surface area contributed by atoms with Crippen LogP contribution in [-0.4, -0.2) is 43.9 Å². The third-order valence-electron chi connectivity index (χ3n) is 4.13. The van der Waals surface area contributed by atoms with E-state index in [1.165, 1.54) is 34.1 Å². The van der Waals surface area contributed by atoms with E-state index in [2.05, 4.69) is 10.6 Å². The predicted octanol–water partition coefficient (Wildman–Crippen LogP) is 2.29. The van der Waals surface area contributed by atoms with Gasteiger partial charge in [0, 0.05) is 38.7 Å². The fourth-order valence-electron chi connectivity index (χ4n) is 2.80. The molecule has 2 rings (SSSR count). The van der Waals surface area contributed by atoms with Crippen LogP contribution in [0.15, 0.2) is 23.9 Å². The number of methoxy groups -OCH3 is 1. The fourth-order valence-corrected chi connectivity index (χ4v) is 2.80. The molecule has 0 bridgehead atoms. The van der Waals surface area contributed by atoms with Gasteiger partial charge in [-0.3, -0.25) is 4.79 Å². The van der Waals surface area contributed by atoms with E-state index < -0.39 is 17.7 Å². The van der Waals surface area contributed by atoms with Crippen LogP contribution < -0.4 is 20.1 Å². The van der Waals surface area contributed by atoms with Crippen LogP contribution in [0.25, 0.3) is 0 Å². The number of ether oxygens (including phenoxy) is 4. The Kier molecular flexibility index (Phi) is 7.68. The van der Waals surface area contributed by atoms with E-state index in [9.17, 15) is 14.4 Å². The lowest BCUT2D eigenvalue weighted by Crippen LogP contribution is -2.42. The summed E-state index contributed by atoms with van der Waals surface area (Å²) in [5, 5.41) is 5.64. The van der Waals surface area contributed by atoms with Gasteiger partial charge in [-0.05, 0) is 18.1 Å². The van der Waals surface area contributed by atoms with Gasteiger partial charge in [-0.2, -0.15) is 0 Å². The van der Waals surface area contributed by atoms with Crippen LogP contribution in [0, 0.1) is 0 Å². The summed E-state index contributed by atoms with van der Waals surface area (Å²) in [7, 11) is 1.54. The average molecular weight is 420 g/mol. The van der Waals surface area contributed by atoms with E-state index in [1.807, 2.05) is 13.0 Å². The van der Waals surface area contributed by atoms with Crippen LogP contribution >= 0.6 is 0 Å². The first-order chi connectivity index (χ1) is 14.2. The zero-order valence-electron chi connectivity index (χ0n) is 17.9. The molecular formula is C21H28N2O7. The van der Waals surface area contributed by atoms with Crippen molar-refractivity contribution >= 4 is 23.5 Å². The molecule has 0 atom stereocenters. The largest absolute Gasteiger partial charge is 0.493 e. The van der Waals surface area contributed by atoms with E-state index in [0.717, 1.165) is 18.4 Å². The average Bonchev–Trinajstić information content (AvgIpc) is 2.64. The molecule has 164 valence electrons. The standard InChI is InChI=1S/C21H28N2O7/c1-6-7-14-10-17(27-5)18(28-9-8-22-13(2)24)11-16(14)23-12-15-19(25)29-21(3,4)30-20(15)26/h10-12,23H,6-9H2,1-5H3,(H,22,24). The Morgan fingerprint density at radius 1 is 1.17 bits per heavy atom. The number of benzene rings is 1. The lowest BCUT2D eigenvalue weighted by atomic mass is 10.1. The van der Waals surface area contributed by atoms with Crippen LogP contribution in [0.1, 0.15) is 39.7 Å². The molecule has 0 spiro atoms. The Morgan fingerprint density at radius 3 is 2.40 bits per heavy atom. The maximum absolute atomic E-state index is 12.1. The third kappa shape index (κ3) is 6.13. The summed E-state index contributed by atoms with van der Waals surface area (Å²) in [4.78, 5) is 35.3. The smallest absolute Gasteiger partial charge is 0.350 e. The van der Waals surface area contributed by atoms with Gasteiger partial charge >= 0.3 is 11.9 Å². The maximum Gasteiger partial charge on any atom is 0.350 e. The summed E-state index contributed by atoms with van der Waals surface area (Å²) in [6, 6.07) is 3.55. The highest BCUT2D eigenvalue weighted by Crippen LogP contribution is 2.34. The lowest BCUT2D eigenvalue weighted by molar-refractivity contribution is -0.222. The number of amides is 1. The molecular weight excluding hydrogens is 392 g/mol. The Morgan fingerprint density at radius 2 is 1.83 bits per heavy atom. The van der Waals surface area contributed by atoms with Crippen molar-refractivity contribution in [3.63, 3.8) is 0 Å². The molecule has 0 unspecified atom stereocenters. The van der Waals surface area contributed by atoms with Gasteiger partial charge in [0.25, 0.3) is 5.79 Å². The quantitative estimate of drug-likeness (QED) is 0.271. The number of hydrogen-bond acceptors (Lipinski definition) is 8. The Balaban J connectivity index is 2.26. The summed E-state index contributed by atoms with van der Waals surface area (Å²) < 4.78 is 21.3. The number of carbonyl (C=O) groups is 3. The third-order valence-corrected chi connectivity index (χ3v) is 4.13. The monoisotopic (exact) mass is 420 g/mol. The van der Waals surface area contributed by atoms with Crippen molar-refractivity contribution in [2.24, 2.45) is 0 Å². The number of aryl methyl sites for hydroxylation is 1. The van der Waals surface area contributed by atoms with E-state index in [0.29, 0.717) is 23.7 Å². The van der Waals surface area contributed by atoms with Crippen molar-refractivity contribution in [2.75, 3.05) is 25.6 Å². The van der Waals surface area contributed by atoms with Gasteiger partial charge in [0.2, 0.25) is 5.91 Å². The second-order valence-corrected chi connectivity index (χ2v) is 7.12. The first-order valence-corrected chi connectivity index (χ1v) is 9.68. The van der Waals surface area contributed by atoms with Gasteiger partial charge in [-0.25, -0.2) is 9.59 Å². The molecule has 0 saturated carbocycles. The molecule has 1 aromatic carbocycles. The summed E-state index contributed by atoms with van der Waals surface area (Å²) in [6.45, 7) is 7.02. The number of hydrogen-bond donors (Lipinski definition) is 2. The minimum atomic E-state index is -1.30. The molecule has 9 heteroatoms. The van der Waals surface area contributed by atoms with Crippen molar-refractivity contribution < 1.29 is 33.3 Å². The molecule has 1 saturated heterocycles. The molecule has 1 amide bonds. The number of cyclic esters (lactones) is 2. The fraction of sp³-hybridized carbons (Fsp3) is 0.476. The molecule has 1 aliphatic rings. The van der Waals surface area contributed by atoms with Gasteiger partial charge < -0.3 is 29.6 Å². The topological polar surface area (TPSA) is 112 Å². The molecule has 2 N–H and O–H groups in total. The minimum absolute atomic E-state index is 0.146. The zero-order valence-corrected chi connectivity index (χ0v) is 17.9. The first kappa shape index (κ1) is 23.1. The zero-order chi connectivity index (χ0) is 22.3. The van der Waals surface area contributed by atoms with Crippen LogP contribution in [-0.2, 0) is 30.3 Å². The van der Waals surface area contributed by atoms with Gasteiger partial charge in [-0.1, -0.05) is 13.3 Å². The van der Waals surface area contributed by atoms with Gasteiger partial charge in [0.05, 0.1) is 13.7 Å². The van der Waals surface area contributed by atoms with E-state index in [4.69, 9.17) is 18.9 Å². The number of anilines is 1. The molecule has 1 heterocycles. The molecule has 1 fully saturated rings. The SMILES string of the molecule is CCCc1cc(OC)c(OCCNC(C)=O)cc1NC=C1C(=O)OC(C)(C)OC1=O. The number of esters is 2. The molecule has 1 aromatic rings. The lowest BCUT2D eigenvalue weighted by Gasteiger charge is -2.29. The van der Waals surface area contributed by atoms with Gasteiger partial charge in [-0.15, -0.1) is 0 Å². The first-order valence-electron chi connectivity index (χ1n) is 9.68. The van der Waals surface area contributed by atoms with Crippen molar-refractivity contribution in [2.45, 2.75) is 46.3 Å². The number of rotatable bonds is 9. The summed E-state index contributed by atoms with van der Waals surface area (Å²) in [6.07, 6.45) is 2.87. The minimum Gasteiger partial charge on any atom is -0.493 e. The van der Waals surface area contributed by atoms with Crippen LogP contribution in [0.5, 0.6) is 11.5 Å². The molecule has 0 aromatic heterocycles. The van der Waals surface area contributed by atoms with E-state index >= 15 is 0 Å². The second-order valence-electron chi connectivity index (χ2n) is 7.12. The Hall–Kier alpha value is -3.23. The van der Waals surface area contributed by atoms with Crippen molar-refractivity contribution in [1.82, 2.24) is 5.32 Å². The Labute approximate surface area is 175 Å². The molecule has 30 heavy (non-hydrogen) atoms. The maximum atomic E-state index is 12.1.